The molecule has 1 N–H and O–H groups in total. The minimum atomic E-state index is -0.180. The second-order valence-corrected chi connectivity index (χ2v) is 6.58. The van der Waals surface area contributed by atoms with Crippen molar-refractivity contribution in [1.82, 2.24) is 5.32 Å². The van der Waals surface area contributed by atoms with E-state index in [1.807, 2.05) is 0 Å². The van der Waals surface area contributed by atoms with Crippen LogP contribution in [0.3, 0.4) is 0 Å². The van der Waals surface area contributed by atoms with Crippen molar-refractivity contribution in [1.29, 1.82) is 0 Å². The monoisotopic (exact) mass is 287 g/mol. The lowest BCUT2D eigenvalue weighted by Crippen LogP contribution is -2.31. The Morgan fingerprint density at radius 3 is 2.50 bits per heavy atom. The van der Waals surface area contributed by atoms with Crippen LogP contribution in [0, 0.1) is 5.41 Å². The number of hydrogen-bond acceptors (Lipinski definition) is 1. The van der Waals surface area contributed by atoms with E-state index in [9.17, 15) is 4.79 Å². The average molecular weight is 288 g/mol. The number of carbonyl (C=O) groups excluding carboxylic acids is 1. The van der Waals surface area contributed by atoms with Crippen LogP contribution in [-0.4, -0.2) is 17.8 Å². The first kappa shape index (κ1) is 15.3. The van der Waals surface area contributed by atoms with Gasteiger partial charge in [0.1, 0.15) is 0 Å². The summed E-state index contributed by atoms with van der Waals surface area (Å²) in [4.78, 5) is 11.9. The molecule has 1 amide bonds. The molecule has 0 saturated heterocycles. The fourth-order valence-corrected chi connectivity index (χ4v) is 2.44. The molecule has 0 aliphatic rings. The van der Waals surface area contributed by atoms with Crippen molar-refractivity contribution in [2.45, 2.75) is 32.6 Å². The van der Waals surface area contributed by atoms with Gasteiger partial charge in [-0.2, -0.15) is 0 Å². The Labute approximate surface area is 119 Å². The predicted octanol–water partition coefficient (Wildman–Crippen LogP) is 4.11. The van der Waals surface area contributed by atoms with Gasteiger partial charge in [0.15, 0.2) is 0 Å². The Morgan fingerprint density at radius 2 is 1.94 bits per heavy atom. The smallest absolute Gasteiger partial charge is 0.252 e. The van der Waals surface area contributed by atoms with Gasteiger partial charge in [-0.05, 0) is 24.0 Å². The van der Waals surface area contributed by atoms with Crippen LogP contribution < -0.4 is 5.32 Å². The van der Waals surface area contributed by atoms with Crippen LogP contribution in [0.5, 0.6) is 0 Å². The van der Waals surface area contributed by atoms with E-state index in [1.165, 1.54) is 0 Å². The largest absolute Gasteiger partial charge is 0.351 e. The van der Waals surface area contributed by atoms with Gasteiger partial charge in [-0.3, -0.25) is 4.79 Å². The molecular weight excluding hydrogens is 269 g/mol. The highest BCUT2D eigenvalue weighted by molar-refractivity contribution is 6.33. The maximum Gasteiger partial charge on any atom is 0.252 e. The van der Waals surface area contributed by atoms with Gasteiger partial charge >= 0.3 is 0 Å². The summed E-state index contributed by atoms with van der Waals surface area (Å²) in [6, 6.07) is 6.98. The lowest BCUT2D eigenvalue weighted by molar-refractivity contribution is 0.0952. The van der Waals surface area contributed by atoms with Crippen LogP contribution in [0.25, 0.3) is 0 Å². The van der Waals surface area contributed by atoms with E-state index in [4.69, 9.17) is 23.2 Å². The number of amides is 1. The second kappa shape index (κ2) is 6.44. The molecule has 1 unspecified atom stereocenters. The Kier molecular flexibility index (Phi) is 5.48. The molecule has 0 heterocycles. The number of alkyl halides is 1. The molecular formula is C14H19Cl2NO. The SMILES string of the molecule is CC(C)(C)CC(Cl)CNC(=O)c1ccccc1Cl. The molecule has 0 aliphatic carbocycles. The number of rotatable bonds is 4. The highest BCUT2D eigenvalue weighted by atomic mass is 35.5. The van der Waals surface area contributed by atoms with Gasteiger partial charge in [-0.15, -0.1) is 11.6 Å². The molecule has 4 heteroatoms. The third-order valence-corrected chi connectivity index (χ3v) is 3.07. The van der Waals surface area contributed by atoms with Crippen molar-refractivity contribution in [3.63, 3.8) is 0 Å². The molecule has 0 saturated carbocycles. The molecule has 0 fully saturated rings. The summed E-state index contributed by atoms with van der Waals surface area (Å²) >= 11 is 12.1. The van der Waals surface area contributed by atoms with E-state index in [1.54, 1.807) is 24.3 Å². The highest BCUT2D eigenvalue weighted by Crippen LogP contribution is 2.23. The normalized spacial score (nSPS) is 13.2. The van der Waals surface area contributed by atoms with Crippen molar-refractivity contribution < 1.29 is 4.79 Å². The fraction of sp³-hybridized carbons (Fsp3) is 0.500. The number of hydrogen-bond donors (Lipinski definition) is 1. The van der Waals surface area contributed by atoms with Crippen LogP contribution >= 0.6 is 23.2 Å². The second-order valence-electron chi connectivity index (χ2n) is 5.55. The van der Waals surface area contributed by atoms with E-state index in [-0.39, 0.29) is 16.7 Å². The predicted molar refractivity (Wildman–Crippen MR) is 77.5 cm³/mol. The minimum absolute atomic E-state index is 0.0727. The van der Waals surface area contributed by atoms with Crippen LogP contribution in [0.1, 0.15) is 37.6 Å². The van der Waals surface area contributed by atoms with E-state index in [0.29, 0.717) is 17.1 Å². The summed E-state index contributed by atoms with van der Waals surface area (Å²) in [6.45, 7) is 6.82. The Balaban J connectivity index is 2.50. The Bertz CT molecular complexity index is 413. The fourth-order valence-electron chi connectivity index (χ4n) is 1.68. The van der Waals surface area contributed by atoms with Crippen LogP contribution in [0.4, 0.5) is 0 Å². The van der Waals surface area contributed by atoms with E-state index < -0.39 is 0 Å². The Morgan fingerprint density at radius 1 is 1.33 bits per heavy atom. The van der Waals surface area contributed by atoms with Crippen molar-refractivity contribution in [2.24, 2.45) is 5.41 Å². The summed E-state index contributed by atoms with van der Waals surface area (Å²) in [6.07, 6.45) is 0.845. The van der Waals surface area contributed by atoms with Crippen molar-refractivity contribution >= 4 is 29.1 Å². The zero-order chi connectivity index (χ0) is 13.8. The topological polar surface area (TPSA) is 29.1 Å². The molecule has 0 bridgehead atoms. The standard InChI is InChI=1S/C14H19Cl2NO/c1-14(2,3)8-10(15)9-17-13(18)11-6-4-5-7-12(11)16/h4-7,10H,8-9H2,1-3H3,(H,17,18). The summed E-state index contributed by atoms with van der Waals surface area (Å²) in [5.41, 5.74) is 0.639. The lowest BCUT2D eigenvalue weighted by Gasteiger charge is -2.22. The zero-order valence-corrected chi connectivity index (χ0v) is 12.5. The molecule has 18 heavy (non-hydrogen) atoms. The Hall–Kier alpha value is -0.730. The number of halogens is 2. The maximum atomic E-state index is 11.9. The van der Waals surface area contributed by atoms with Gasteiger partial charge in [0.05, 0.1) is 16.0 Å². The van der Waals surface area contributed by atoms with Gasteiger partial charge in [-0.1, -0.05) is 44.5 Å². The third-order valence-electron chi connectivity index (χ3n) is 2.44. The zero-order valence-electron chi connectivity index (χ0n) is 11.0. The van der Waals surface area contributed by atoms with E-state index in [2.05, 4.69) is 26.1 Å². The maximum absolute atomic E-state index is 11.9. The van der Waals surface area contributed by atoms with Gasteiger partial charge in [0.25, 0.3) is 5.91 Å². The molecule has 1 aromatic rings. The van der Waals surface area contributed by atoms with Gasteiger partial charge in [0.2, 0.25) is 0 Å². The first-order chi connectivity index (χ1) is 8.29. The summed E-state index contributed by atoms with van der Waals surface area (Å²) in [5.74, 6) is -0.180. The summed E-state index contributed by atoms with van der Waals surface area (Å²) in [5, 5.41) is 3.19. The minimum Gasteiger partial charge on any atom is -0.351 e. The number of benzene rings is 1. The molecule has 1 atom stereocenters. The quantitative estimate of drug-likeness (QED) is 0.830. The third kappa shape index (κ3) is 5.28. The van der Waals surface area contributed by atoms with E-state index >= 15 is 0 Å². The molecule has 2 nitrogen and oxygen atoms in total. The molecule has 100 valence electrons. The van der Waals surface area contributed by atoms with Crippen LogP contribution in [-0.2, 0) is 0 Å². The van der Waals surface area contributed by atoms with Crippen molar-refractivity contribution in [3.8, 4) is 0 Å². The molecule has 0 radical (unpaired) electrons. The van der Waals surface area contributed by atoms with Gasteiger partial charge in [0, 0.05) is 6.54 Å². The summed E-state index contributed by atoms with van der Waals surface area (Å²) < 4.78 is 0. The van der Waals surface area contributed by atoms with Gasteiger partial charge in [-0.25, -0.2) is 0 Å². The van der Waals surface area contributed by atoms with Crippen molar-refractivity contribution in [2.75, 3.05) is 6.54 Å². The molecule has 0 aliphatic heterocycles. The van der Waals surface area contributed by atoms with Crippen molar-refractivity contribution in [3.05, 3.63) is 34.9 Å². The van der Waals surface area contributed by atoms with Crippen LogP contribution in [0.15, 0.2) is 24.3 Å². The number of carbonyl (C=O) groups is 1. The molecule has 1 aromatic carbocycles. The molecule has 0 aromatic heterocycles. The lowest BCUT2D eigenvalue weighted by atomic mass is 9.90. The first-order valence-corrected chi connectivity index (χ1v) is 6.78. The van der Waals surface area contributed by atoms with Crippen LogP contribution in [0.2, 0.25) is 5.02 Å². The molecule has 0 spiro atoms. The van der Waals surface area contributed by atoms with Gasteiger partial charge < -0.3 is 5.32 Å². The summed E-state index contributed by atoms with van der Waals surface area (Å²) in [7, 11) is 0. The average Bonchev–Trinajstić information content (AvgIpc) is 2.24. The highest BCUT2D eigenvalue weighted by Gasteiger charge is 2.18. The first-order valence-electron chi connectivity index (χ1n) is 5.96. The number of nitrogens with one attached hydrogen (secondary N) is 1. The molecule has 1 rings (SSSR count). The van der Waals surface area contributed by atoms with E-state index in [0.717, 1.165) is 6.42 Å².